The summed E-state index contributed by atoms with van der Waals surface area (Å²) >= 11 is 0. The molecule has 23 heavy (non-hydrogen) atoms. The number of benzene rings is 2. The minimum atomic E-state index is -0.411. The minimum absolute atomic E-state index is 0.107. The average Bonchev–Trinajstić information content (AvgIpc) is 2.84. The van der Waals surface area contributed by atoms with Crippen LogP contribution in [0.5, 0.6) is 5.75 Å². The molecule has 0 bridgehead atoms. The van der Waals surface area contributed by atoms with Crippen LogP contribution in [0.25, 0.3) is 6.08 Å². The van der Waals surface area contributed by atoms with Gasteiger partial charge in [-0.05, 0) is 42.8 Å². The van der Waals surface area contributed by atoms with Crippen molar-refractivity contribution in [3.8, 4) is 5.75 Å². The van der Waals surface area contributed by atoms with Gasteiger partial charge in [-0.1, -0.05) is 29.8 Å². The van der Waals surface area contributed by atoms with E-state index in [-0.39, 0.29) is 11.5 Å². The zero-order valence-electron chi connectivity index (χ0n) is 12.9. The Kier molecular flexibility index (Phi) is 3.85. The van der Waals surface area contributed by atoms with Gasteiger partial charge < -0.3 is 4.74 Å². The van der Waals surface area contributed by atoms with Crippen LogP contribution in [0.3, 0.4) is 0 Å². The van der Waals surface area contributed by atoms with Crippen LogP contribution in [-0.2, 0) is 9.59 Å². The summed E-state index contributed by atoms with van der Waals surface area (Å²) in [4.78, 5) is 24.6. The number of aryl methyl sites for hydroxylation is 1. The van der Waals surface area contributed by atoms with Gasteiger partial charge >= 0.3 is 0 Å². The summed E-state index contributed by atoms with van der Waals surface area (Å²) in [6, 6.07) is 14.5. The molecule has 1 N–H and O–H groups in total. The molecular weight excluding hydrogens is 292 g/mol. The molecule has 0 aliphatic carbocycles. The molecule has 3 rings (SSSR count). The molecule has 0 aromatic heterocycles. The van der Waals surface area contributed by atoms with Crippen molar-refractivity contribution in [2.45, 2.75) is 6.92 Å². The second-order valence-electron chi connectivity index (χ2n) is 5.25. The highest BCUT2D eigenvalue weighted by atomic mass is 16.5. The molecule has 1 heterocycles. The fourth-order valence-electron chi connectivity index (χ4n) is 2.30. The van der Waals surface area contributed by atoms with Crippen molar-refractivity contribution in [3.63, 3.8) is 0 Å². The Hall–Kier alpha value is -3.08. The molecular formula is C18H16N2O3. The lowest BCUT2D eigenvalue weighted by atomic mass is 10.1. The van der Waals surface area contributed by atoms with Crippen molar-refractivity contribution in [1.82, 2.24) is 5.43 Å². The predicted octanol–water partition coefficient (Wildman–Crippen LogP) is 2.47. The number of carbonyl (C=O) groups excluding carboxylic acids is 2. The second-order valence-corrected chi connectivity index (χ2v) is 5.25. The summed E-state index contributed by atoms with van der Waals surface area (Å²) in [6.07, 6.45) is 1.57. The molecule has 2 aromatic carbocycles. The van der Waals surface area contributed by atoms with Gasteiger partial charge in [-0.25, -0.2) is 5.01 Å². The summed E-state index contributed by atoms with van der Waals surface area (Å²) < 4.78 is 5.09. The zero-order valence-corrected chi connectivity index (χ0v) is 12.9. The van der Waals surface area contributed by atoms with Crippen molar-refractivity contribution in [2.24, 2.45) is 0 Å². The molecule has 0 saturated carbocycles. The van der Waals surface area contributed by atoms with E-state index in [1.54, 1.807) is 49.6 Å². The molecule has 5 heteroatoms. The zero-order chi connectivity index (χ0) is 16.4. The Bertz CT molecular complexity index is 777. The van der Waals surface area contributed by atoms with Gasteiger partial charge in [0.1, 0.15) is 11.3 Å². The number of methoxy groups -OCH3 is 1. The van der Waals surface area contributed by atoms with Crippen molar-refractivity contribution in [2.75, 3.05) is 12.1 Å². The van der Waals surface area contributed by atoms with Crippen LogP contribution in [0.15, 0.2) is 54.1 Å². The smallest absolute Gasteiger partial charge is 0.282 e. The Morgan fingerprint density at radius 3 is 2.26 bits per heavy atom. The van der Waals surface area contributed by atoms with Crippen LogP contribution >= 0.6 is 0 Å². The third kappa shape index (κ3) is 2.94. The number of hydrazine groups is 1. The van der Waals surface area contributed by atoms with E-state index in [1.165, 1.54) is 5.01 Å². The van der Waals surface area contributed by atoms with Gasteiger partial charge in [-0.3, -0.25) is 15.0 Å². The molecule has 1 aliphatic rings. The van der Waals surface area contributed by atoms with Crippen molar-refractivity contribution in [3.05, 3.63) is 65.2 Å². The van der Waals surface area contributed by atoms with Gasteiger partial charge in [0.25, 0.3) is 11.8 Å². The van der Waals surface area contributed by atoms with Gasteiger partial charge in [0, 0.05) is 0 Å². The van der Waals surface area contributed by atoms with Crippen LogP contribution in [0.2, 0.25) is 0 Å². The summed E-state index contributed by atoms with van der Waals surface area (Å²) in [6.45, 7) is 1.96. The van der Waals surface area contributed by atoms with Crippen LogP contribution in [0.1, 0.15) is 11.1 Å². The quantitative estimate of drug-likeness (QED) is 0.700. The standard InChI is InChI=1S/C18H16N2O3/c1-12-3-7-14(8-4-12)20-18(22)16(17(21)19-20)11-13-5-9-15(23-2)10-6-13/h3-11H,1-2H3,(H,19,21)/b16-11+. The summed E-state index contributed by atoms with van der Waals surface area (Å²) in [5, 5.41) is 1.26. The molecule has 0 atom stereocenters. The van der Waals surface area contributed by atoms with Gasteiger partial charge in [-0.2, -0.15) is 0 Å². The highest BCUT2D eigenvalue weighted by molar-refractivity contribution is 6.31. The molecule has 2 aromatic rings. The first-order valence-corrected chi connectivity index (χ1v) is 7.16. The predicted molar refractivity (Wildman–Crippen MR) is 87.8 cm³/mol. The van der Waals surface area contributed by atoms with Gasteiger partial charge in [-0.15, -0.1) is 0 Å². The number of amides is 2. The SMILES string of the molecule is COc1ccc(/C=C2\C(=O)NN(c3ccc(C)cc3)C2=O)cc1. The Labute approximate surface area is 134 Å². The van der Waals surface area contributed by atoms with Crippen molar-refractivity contribution < 1.29 is 14.3 Å². The van der Waals surface area contributed by atoms with E-state index < -0.39 is 5.91 Å². The highest BCUT2D eigenvalue weighted by Crippen LogP contribution is 2.22. The van der Waals surface area contributed by atoms with E-state index in [1.807, 2.05) is 19.1 Å². The minimum Gasteiger partial charge on any atom is -0.497 e. The van der Waals surface area contributed by atoms with E-state index in [9.17, 15) is 9.59 Å². The molecule has 1 saturated heterocycles. The second kappa shape index (κ2) is 5.96. The van der Waals surface area contributed by atoms with Crippen LogP contribution < -0.4 is 15.2 Å². The van der Waals surface area contributed by atoms with Gasteiger partial charge in [0.05, 0.1) is 12.8 Å². The molecule has 116 valence electrons. The molecule has 0 spiro atoms. The average molecular weight is 308 g/mol. The van der Waals surface area contributed by atoms with E-state index >= 15 is 0 Å². The number of rotatable bonds is 3. The maximum absolute atomic E-state index is 12.5. The molecule has 0 unspecified atom stereocenters. The lowest BCUT2D eigenvalue weighted by molar-refractivity contribution is -0.117. The molecule has 1 aliphatic heterocycles. The maximum atomic E-state index is 12.5. The number of carbonyl (C=O) groups is 2. The number of nitrogens with zero attached hydrogens (tertiary/aromatic N) is 1. The monoisotopic (exact) mass is 308 g/mol. The summed E-state index contributed by atoms with van der Waals surface area (Å²) in [5.74, 6) is -0.0586. The molecule has 5 nitrogen and oxygen atoms in total. The van der Waals surface area contributed by atoms with Crippen LogP contribution in [0.4, 0.5) is 5.69 Å². The Morgan fingerprint density at radius 2 is 1.65 bits per heavy atom. The molecule has 2 amide bonds. The number of hydrogen-bond donors (Lipinski definition) is 1. The third-order valence-corrected chi connectivity index (χ3v) is 3.61. The first-order chi connectivity index (χ1) is 11.1. The van der Waals surface area contributed by atoms with Gasteiger partial charge in [0.2, 0.25) is 0 Å². The largest absolute Gasteiger partial charge is 0.497 e. The lowest BCUT2D eigenvalue weighted by Gasteiger charge is -2.14. The van der Waals surface area contributed by atoms with E-state index in [2.05, 4.69) is 5.43 Å². The van der Waals surface area contributed by atoms with Gasteiger partial charge in [0.15, 0.2) is 0 Å². The van der Waals surface area contributed by atoms with Crippen molar-refractivity contribution >= 4 is 23.6 Å². The summed E-state index contributed by atoms with van der Waals surface area (Å²) in [5.41, 5.74) is 5.17. The molecule has 0 radical (unpaired) electrons. The number of anilines is 1. The van der Waals surface area contributed by atoms with Crippen molar-refractivity contribution in [1.29, 1.82) is 0 Å². The Balaban J connectivity index is 1.88. The van der Waals surface area contributed by atoms with Crippen LogP contribution in [-0.4, -0.2) is 18.9 Å². The molecule has 1 fully saturated rings. The highest BCUT2D eigenvalue weighted by Gasteiger charge is 2.34. The topological polar surface area (TPSA) is 58.6 Å². The fourth-order valence-corrected chi connectivity index (χ4v) is 2.30. The number of hydrogen-bond acceptors (Lipinski definition) is 3. The summed E-state index contributed by atoms with van der Waals surface area (Å²) in [7, 11) is 1.58. The number of ether oxygens (including phenoxy) is 1. The Morgan fingerprint density at radius 1 is 1.00 bits per heavy atom. The fraction of sp³-hybridized carbons (Fsp3) is 0.111. The van der Waals surface area contributed by atoms with Crippen LogP contribution in [0, 0.1) is 6.92 Å². The first kappa shape index (κ1) is 14.8. The lowest BCUT2D eigenvalue weighted by Crippen LogP contribution is -2.35. The third-order valence-electron chi connectivity index (χ3n) is 3.61. The van der Waals surface area contributed by atoms with E-state index in [0.29, 0.717) is 5.69 Å². The first-order valence-electron chi connectivity index (χ1n) is 7.16. The van der Waals surface area contributed by atoms with E-state index in [4.69, 9.17) is 4.74 Å². The van der Waals surface area contributed by atoms with E-state index in [0.717, 1.165) is 16.9 Å². The maximum Gasteiger partial charge on any atom is 0.282 e. The normalized spacial score (nSPS) is 15.9. The number of nitrogens with one attached hydrogen (secondary N) is 1.